The predicted molar refractivity (Wildman–Crippen MR) is 68.4 cm³/mol. The Morgan fingerprint density at radius 1 is 1.53 bits per heavy atom. The number of carbonyl (C=O) groups excluding carboxylic acids is 1. The van der Waals surface area contributed by atoms with Crippen LogP contribution in [-0.2, 0) is 0 Å². The number of rotatable bonds is 3. The van der Waals surface area contributed by atoms with E-state index in [0.717, 1.165) is 4.88 Å². The van der Waals surface area contributed by atoms with Gasteiger partial charge in [0.15, 0.2) is 0 Å². The van der Waals surface area contributed by atoms with Crippen LogP contribution in [0.1, 0.15) is 20.9 Å². The molecule has 0 aromatic carbocycles. The van der Waals surface area contributed by atoms with Crippen LogP contribution in [0.4, 0.5) is 0 Å². The molecule has 5 heteroatoms. The Morgan fingerprint density at radius 2 is 2.41 bits per heavy atom. The van der Waals surface area contributed by atoms with E-state index in [4.69, 9.17) is 0 Å². The lowest BCUT2D eigenvalue weighted by Gasteiger charge is -1.95. The molecule has 0 unspecified atom stereocenters. The first-order chi connectivity index (χ1) is 8.25. The highest BCUT2D eigenvalue weighted by Crippen LogP contribution is 2.12. The molecule has 2 aromatic heterocycles. The molecular weight excluding hydrogens is 234 g/mol. The number of nitrogens with one attached hydrogen (secondary N) is 1. The Kier molecular flexibility index (Phi) is 3.62. The lowest BCUT2D eigenvalue weighted by Crippen LogP contribution is -2.16. The molecule has 0 atom stereocenters. The van der Waals surface area contributed by atoms with Crippen molar-refractivity contribution in [3.63, 3.8) is 0 Å². The minimum Gasteiger partial charge on any atom is -0.267 e. The Morgan fingerprint density at radius 3 is 3.06 bits per heavy atom. The van der Waals surface area contributed by atoms with Gasteiger partial charge in [-0.15, -0.1) is 11.3 Å². The van der Waals surface area contributed by atoms with Crippen molar-refractivity contribution in [2.24, 2.45) is 5.10 Å². The number of pyridine rings is 1. The van der Waals surface area contributed by atoms with Crippen LogP contribution in [0.3, 0.4) is 0 Å². The second-order valence-electron chi connectivity index (χ2n) is 3.40. The van der Waals surface area contributed by atoms with Gasteiger partial charge < -0.3 is 0 Å². The highest BCUT2D eigenvalue weighted by atomic mass is 32.1. The molecule has 0 aliphatic heterocycles. The number of carbonyl (C=O) groups is 1. The van der Waals surface area contributed by atoms with Crippen molar-refractivity contribution < 1.29 is 4.79 Å². The first kappa shape index (κ1) is 11.5. The molecule has 2 heterocycles. The summed E-state index contributed by atoms with van der Waals surface area (Å²) in [4.78, 5) is 16.8. The van der Waals surface area contributed by atoms with Crippen molar-refractivity contribution >= 4 is 23.5 Å². The molecule has 0 saturated heterocycles. The van der Waals surface area contributed by atoms with E-state index in [0.29, 0.717) is 11.3 Å². The van der Waals surface area contributed by atoms with Crippen molar-refractivity contribution in [1.82, 2.24) is 10.4 Å². The molecule has 17 heavy (non-hydrogen) atoms. The van der Waals surface area contributed by atoms with Crippen molar-refractivity contribution in [2.75, 3.05) is 0 Å². The van der Waals surface area contributed by atoms with E-state index in [1.165, 1.54) is 17.6 Å². The van der Waals surface area contributed by atoms with Gasteiger partial charge in [0.25, 0.3) is 5.91 Å². The molecule has 1 amide bonds. The number of hydrogen-bond acceptors (Lipinski definition) is 4. The summed E-state index contributed by atoms with van der Waals surface area (Å²) in [5.41, 5.74) is 3.79. The molecule has 2 aromatic rings. The maximum atomic E-state index is 11.6. The van der Waals surface area contributed by atoms with Gasteiger partial charge in [0.1, 0.15) is 0 Å². The SMILES string of the molecule is Cc1cc(C(=O)NN=Cc2ccccn2)cs1. The van der Waals surface area contributed by atoms with E-state index in [-0.39, 0.29) is 5.91 Å². The van der Waals surface area contributed by atoms with E-state index in [2.05, 4.69) is 15.5 Å². The van der Waals surface area contributed by atoms with Gasteiger partial charge in [-0.3, -0.25) is 9.78 Å². The van der Waals surface area contributed by atoms with Gasteiger partial charge >= 0.3 is 0 Å². The van der Waals surface area contributed by atoms with Gasteiger partial charge in [0, 0.05) is 16.5 Å². The highest BCUT2D eigenvalue weighted by molar-refractivity contribution is 7.10. The van der Waals surface area contributed by atoms with Gasteiger partial charge in [-0.2, -0.15) is 5.10 Å². The second kappa shape index (κ2) is 5.36. The van der Waals surface area contributed by atoms with Crippen LogP contribution >= 0.6 is 11.3 Å². The molecule has 0 aliphatic rings. The summed E-state index contributed by atoms with van der Waals surface area (Å²) in [5.74, 6) is -0.207. The summed E-state index contributed by atoms with van der Waals surface area (Å²) in [5, 5.41) is 5.65. The van der Waals surface area contributed by atoms with Crippen LogP contribution in [0.25, 0.3) is 0 Å². The van der Waals surface area contributed by atoms with Crippen LogP contribution < -0.4 is 5.43 Å². The fraction of sp³-hybridized carbons (Fsp3) is 0.0833. The summed E-state index contributed by atoms with van der Waals surface area (Å²) in [6, 6.07) is 7.32. The molecule has 1 N–H and O–H groups in total. The predicted octanol–water partition coefficient (Wildman–Crippen LogP) is 2.22. The number of hydrazone groups is 1. The Bertz CT molecular complexity index is 534. The Balaban J connectivity index is 1.95. The fourth-order valence-electron chi connectivity index (χ4n) is 1.24. The second-order valence-corrected chi connectivity index (χ2v) is 4.52. The third-order valence-electron chi connectivity index (χ3n) is 2.04. The topological polar surface area (TPSA) is 54.4 Å². The monoisotopic (exact) mass is 245 g/mol. The number of nitrogens with zero attached hydrogens (tertiary/aromatic N) is 2. The number of amides is 1. The highest BCUT2D eigenvalue weighted by Gasteiger charge is 2.05. The molecule has 4 nitrogen and oxygen atoms in total. The molecule has 0 fully saturated rings. The standard InChI is InChI=1S/C12H11N3OS/c1-9-6-10(8-17-9)12(16)15-14-7-11-4-2-3-5-13-11/h2-8H,1H3,(H,15,16). The normalized spacial score (nSPS) is 10.6. The first-order valence-corrected chi connectivity index (χ1v) is 5.93. The largest absolute Gasteiger partial charge is 0.272 e. The molecule has 86 valence electrons. The minimum absolute atomic E-state index is 0.207. The zero-order valence-corrected chi connectivity index (χ0v) is 10.1. The van der Waals surface area contributed by atoms with E-state index < -0.39 is 0 Å². The number of aryl methyl sites for hydroxylation is 1. The van der Waals surface area contributed by atoms with Gasteiger partial charge in [0.2, 0.25) is 0 Å². The molecule has 0 radical (unpaired) electrons. The zero-order valence-electron chi connectivity index (χ0n) is 9.25. The third-order valence-corrected chi connectivity index (χ3v) is 2.90. The summed E-state index contributed by atoms with van der Waals surface area (Å²) in [6.45, 7) is 1.96. The molecule has 0 aliphatic carbocycles. The molecule has 2 rings (SSSR count). The quantitative estimate of drug-likeness (QED) is 0.666. The average Bonchev–Trinajstić information content (AvgIpc) is 2.77. The first-order valence-electron chi connectivity index (χ1n) is 5.05. The van der Waals surface area contributed by atoms with Crippen LogP contribution in [0.5, 0.6) is 0 Å². The van der Waals surface area contributed by atoms with Gasteiger partial charge in [-0.05, 0) is 25.1 Å². The van der Waals surface area contributed by atoms with Crippen LogP contribution in [0.2, 0.25) is 0 Å². The molecule has 0 saturated carbocycles. The lowest BCUT2D eigenvalue weighted by molar-refractivity contribution is 0.0955. The maximum Gasteiger partial charge on any atom is 0.272 e. The van der Waals surface area contributed by atoms with E-state index in [9.17, 15) is 4.79 Å². The number of thiophene rings is 1. The fourth-order valence-corrected chi connectivity index (χ4v) is 1.92. The van der Waals surface area contributed by atoms with Gasteiger partial charge in [-0.1, -0.05) is 6.07 Å². The average molecular weight is 245 g/mol. The minimum atomic E-state index is -0.207. The summed E-state index contributed by atoms with van der Waals surface area (Å²) in [6.07, 6.45) is 3.18. The smallest absolute Gasteiger partial charge is 0.267 e. The maximum absolute atomic E-state index is 11.6. The van der Waals surface area contributed by atoms with Crippen LogP contribution in [0.15, 0.2) is 40.9 Å². The van der Waals surface area contributed by atoms with Crippen molar-refractivity contribution in [3.8, 4) is 0 Å². The Labute approximate surface area is 103 Å². The van der Waals surface area contributed by atoms with Crippen LogP contribution in [0, 0.1) is 6.92 Å². The molecule has 0 bridgehead atoms. The number of aromatic nitrogens is 1. The lowest BCUT2D eigenvalue weighted by atomic mass is 10.3. The van der Waals surface area contributed by atoms with Gasteiger partial charge in [-0.25, -0.2) is 5.43 Å². The Hall–Kier alpha value is -2.01. The van der Waals surface area contributed by atoms with Crippen LogP contribution in [-0.4, -0.2) is 17.1 Å². The van der Waals surface area contributed by atoms with E-state index in [1.807, 2.05) is 31.2 Å². The summed E-state index contributed by atoms with van der Waals surface area (Å²) in [7, 11) is 0. The zero-order chi connectivity index (χ0) is 12.1. The van der Waals surface area contributed by atoms with Crippen molar-refractivity contribution in [1.29, 1.82) is 0 Å². The van der Waals surface area contributed by atoms with Crippen molar-refractivity contribution in [2.45, 2.75) is 6.92 Å². The van der Waals surface area contributed by atoms with Crippen molar-refractivity contribution in [3.05, 3.63) is 52.0 Å². The third kappa shape index (κ3) is 3.22. The van der Waals surface area contributed by atoms with E-state index >= 15 is 0 Å². The number of hydrogen-bond donors (Lipinski definition) is 1. The summed E-state index contributed by atoms with van der Waals surface area (Å²) < 4.78 is 0. The summed E-state index contributed by atoms with van der Waals surface area (Å²) >= 11 is 1.54. The molecule has 0 spiro atoms. The van der Waals surface area contributed by atoms with Gasteiger partial charge in [0.05, 0.1) is 17.5 Å². The molecular formula is C12H11N3OS. The van der Waals surface area contributed by atoms with E-state index in [1.54, 1.807) is 11.6 Å².